The molecule has 8 heteroatoms. The van der Waals surface area contributed by atoms with Crippen molar-refractivity contribution in [1.82, 2.24) is 0 Å². The minimum absolute atomic E-state index is 0.185. The monoisotopic (exact) mass is 430 g/mol. The fraction of sp³-hybridized carbons (Fsp3) is 0.318. The highest BCUT2D eigenvalue weighted by atomic mass is 32.2. The summed E-state index contributed by atoms with van der Waals surface area (Å²) in [5, 5.41) is 2.82. The van der Waals surface area contributed by atoms with Crippen LogP contribution in [0.5, 0.6) is 11.5 Å². The molecule has 0 radical (unpaired) electrons. The number of sulfonamides is 1. The summed E-state index contributed by atoms with van der Waals surface area (Å²) in [5.74, 6) is 0.976. The summed E-state index contributed by atoms with van der Waals surface area (Å²) in [5.41, 5.74) is 1.85. The number of methoxy groups -OCH3 is 1. The molecule has 2 aromatic carbocycles. The van der Waals surface area contributed by atoms with Gasteiger partial charge in [0.1, 0.15) is 0 Å². The molecule has 0 atom stereocenters. The highest BCUT2D eigenvalue weighted by Crippen LogP contribution is 2.33. The Labute approximate surface area is 177 Å². The molecule has 0 saturated heterocycles. The van der Waals surface area contributed by atoms with Crippen LogP contribution in [-0.4, -0.2) is 33.8 Å². The van der Waals surface area contributed by atoms with Gasteiger partial charge in [0.2, 0.25) is 15.9 Å². The Morgan fingerprint density at radius 1 is 1.03 bits per heavy atom. The molecular formula is C22H26N2O5S. The Bertz CT molecular complexity index is 1010. The predicted octanol–water partition coefficient (Wildman–Crippen LogP) is 4.04. The molecular weight excluding hydrogens is 404 g/mol. The van der Waals surface area contributed by atoms with E-state index in [2.05, 4.69) is 10.0 Å². The quantitative estimate of drug-likeness (QED) is 0.617. The van der Waals surface area contributed by atoms with Gasteiger partial charge in [-0.3, -0.25) is 9.52 Å². The van der Waals surface area contributed by atoms with Crippen molar-refractivity contribution in [2.45, 2.75) is 31.8 Å². The maximum absolute atomic E-state index is 12.3. The highest BCUT2D eigenvalue weighted by Gasteiger charge is 2.18. The maximum atomic E-state index is 12.3. The van der Waals surface area contributed by atoms with Gasteiger partial charge in [-0.25, -0.2) is 8.42 Å². The molecule has 0 unspecified atom stereocenters. The average molecular weight is 431 g/mol. The van der Waals surface area contributed by atoms with E-state index in [9.17, 15) is 13.2 Å². The van der Waals surface area contributed by atoms with Gasteiger partial charge in [-0.05, 0) is 61.6 Å². The summed E-state index contributed by atoms with van der Waals surface area (Å²) in [6.07, 6.45) is 8.74. The van der Waals surface area contributed by atoms with Crippen molar-refractivity contribution in [2.75, 3.05) is 23.4 Å². The molecule has 7 nitrogen and oxygen atoms in total. The third-order valence-electron chi connectivity index (χ3n) is 4.67. The molecule has 160 valence electrons. The molecule has 0 aromatic heterocycles. The first-order chi connectivity index (χ1) is 14.3. The molecule has 1 aliphatic carbocycles. The van der Waals surface area contributed by atoms with Crippen molar-refractivity contribution in [3.05, 3.63) is 54.1 Å². The lowest BCUT2D eigenvalue weighted by atomic mass is 10.2. The fourth-order valence-electron chi connectivity index (χ4n) is 3.26. The van der Waals surface area contributed by atoms with E-state index in [1.165, 1.54) is 18.9 Å². The largest absolute Gasteiger partial charge is 0.493 e. The number of hydrogen-bond acceptors (Lipinski definition) is 5. The van der Waals surface area contributed by atoms with E-state index in [0.29, 0.717) is 22.9 Å². The summed E-state index contributed by atoms with van der Waals surface area (Å²) in [6, 6.07) is 12.0. The fourth-order valence-corrected chi connectivity index (χ4v) is 3.83. The minimum Gasteiger partial charge on any atom is -0.493 e. The second kappa shape index (κ2) is 9.67. The first kappa shape index (κ1) is 21.7. The third kappa shape index (κ3) is 6.52. The van der Waals surface area contributed by atoms with E-state index < -0.39 is 10.0 Å². The zero-order valence-corrected chi connectivity index (χ0v) is 17.9. The SMILES string of the molecule is COc1ccc(NC(=O)/C=C/c2ccc(NS(C)(=O)=O)cc2)cc1OC1CCCC1. The van der Waals surface area contributed by atoms with Crippen molar-refractivity contribution in [1.29, 1.82) is 0 Å². The predicted molar refractivity (Wildman–Crippen MR) is 118 cm³/mol. The second-order valence-electron chi connectivity index (χ2n) is 7.21. The van der Waals surface area contributed by atoms with E-state index in [4.69, 9.17) is 9.47 Å². The van der Waals surface area contributed by atoms with Crippen LogP contribution in [0.15, 0.2) is 48.5 Å². The van der Waals surface area contributed by atoms with E-state index >= 15 is 0 Å². The van der Waals surface area contributed by atoms with Gasteiger partial charge in [0.15, 0.2) is 11.5 Å². The molecule has 1 fully saturated rings. The van der Waals surface area contributed by atoms with Gasteiger partial charge < -0.3 is 14.8 Å². The number of amides is 1. The van der Waals surface area contributed by atoms with Crippen molar-refractivity contribution < 1.29 is 22.7 Å². The Balaban J connectivity index is 1.62. The van der Waals surface area contributed by atoms with Crippen LogP contribution in [0.4, 0.5) is 11.4 Å². The normalized spacial score (nSPS) is 14.6. The molecule has 0 spiro atoms. The number of nitrogens with one attached hydrogen (secondary N) is 2. The van der Waals surface area contributed by atoms with Crippen molar-refractivity contribution in [3.8, 4) is 11.5 Å². The molecule has 1 aliphatic rings. The summed E-state index contributed by atoms with van der Waals surface area (Å²) in [6.45, 7) is 0. The number of ether oxygens (including phenoxy) is 2. The van der Waals surface area contributed by atoms with Crippen LogP contribution >= 0.6 is 0 Å². The molecule has 1 amide bonds. The standard InChI is InChI=1S/C22H26N2O5S/c1-28-20-13-12-18(15-21(20)29-19-5-3-4-6-19)23-22(25)14-9-16-7-10-17(11-8-16)24-30(2,26)27/h7-15,19,24H,3-6H2,1-2H3,(H,23,25)/b14-9+. The molecule has 0 aliphatic heterocycles. The average Bonchev–Trinajstić information content (AvgIpc) is 3.20. The van der Waals surface area contributed by atoms with Crippen molar-refractivity contribution in [3.63, 3.8) is 0 Å². The molecule has 2 aromatic rings. The van der Waals surface area contributed by atoms with Crippen LogP contribution in [0.25, 0.3) is 6.08 Å². The van der Waals surface area contributed by atoms with Crippen LogP contribution in [-0.2, 0) is 14.8 Å². The summed E-state index contributed by atoms with van der Waals surface area (Å²) >= 11 is 0. The van der Waals surface area contributed by atoms with E-state index in [1.807, 2.05) is 0 Å². The number of benzene rings is 2. The molecule has 3 rings (SSSR count). The van der Waals surface area contributed by atoms with Crippen LogP contribution in [0.1, 0.15) is 31.2 Å². The van der Waals surface area contributed by atoms with Crippen LogP contribution in [0.2, 0.25) is 0 Å². The van der Waals surface area contributed by atoms with Gasteiger partial charge >= 0.3 is 0 Å². The molecule has 2 N–H and O–H groups in total. The molecule has 0 bridgehead atoms. The zero-order chi connectivity index (χ0) is 21.6. The molecule has 0 heterocycles. The van der Waals surface area contributed by atoms with Gasteiger partial charge in [-0.15, -0.1) is 0 Å². The minimum atomic E-state index is -3.32. The molecule has 30 heavy (non-hydrogen) atoms. The van der Waals surface area contributed by atoms with Crippen LogP contribution in [0.3, 0.4) is 0 Å². The Morgan fingerprint density at radius 2 is 1.70 bits per heavy atom. The van der Waals surface area contributed by atoms with Gasteiger partial charge in [-0.1, -0.05) is 12.1 Å². The first-order valence-corrected chi connectivity index (χ1v) is 11.6. The number of rotatable bonds is 8. The van der Waals surface area contributed by atoms with Gasteiger partial charge in [-0.2, -0.15) is 0 Å². The van der Waals surface area contributed by atoms with E-state index in [0.717, 1.165) is 24.7 Å². The first-order valence-electron chi connectivity index (χ1n) is 9.74. The van der Waals surface area contributed by atoms with Gasteiger partial charge in [0.25, 0.3) is 0 Å². The maximum Gasteiger partial charge on any atom is 0.248 e. The Morgan fingerprint density at radius 3 is 2.33 bits per heavy atom. The van der Waals surface area contributed by atoms with Gasteiger partial charge in [0, 0.05) is 23.5 Å². The number of anilines is 2. The van der Waals surface area contributed by atoms with Crippen molar-refractivity contribution in [2.24, 2.45) is 0 Å². The summed E-state index contributed by atoms with van der Waals surface area (Å²) in [7, 11) is -1.73. The Kier molecular flexibility index (Phi) is 6.99. The van der Waals surface area contributed by atoms with Gasteiger partial charge in [0.05, 0.1) is 19.5 Å². The number of carbonyl (C=O) groups excluding carboxylic acids is 1. The highest BCUT2D eigenvalue weighted by molar-refractivity contribution is 7.92. The smallest absolute Gasteiger partial charge is 0.248 e. The van der Waals surface area contributed by atoms with Crippen molar-refractivity contribution >= 4 is 33.4 Å². The summed E-state index contributed by atoms with van der Waals surface area (Å²) in [4.78, 5) is 12.3. The second-order valence-corrected chi connectivity index (χ2v) is 8.96. The lowest BCUT2D eigenvalue weighted by Crippen LogP contribution is -2.12. The van der Waals surface area contributed by atoms with E-state index in [-0.39, 0.29) is 12.0 Å². The topological polar surface area (TPSA) is 93.7 Å². The number of hydrogen-bond donors (Lipinski definition) is 2. The summed E-state index contributed by atoms with van der Waals surface area (Å²) < 4.78 is 36.3. The lowest BCUT2D eigenvalue weighted by molar-refractivity contribution is -0.111. The Hall–Kier alpha value is -3.00. The van der Waals surface area contributed by atoms with E-state index in [1.54, 1.807) is 55.7 Å². The lowest BCUT2D eigenvalue weighted by Gasteiger charge is -2.17. The number of carbonyl (C=O) groups is 1. The van der Waals surface area contributed by atoms with Crippen LogP contribution < -0.4 is 19.5 Å². The molecule has 1 saturated carbocycles. The third-order valence-corrected chi connectivity index (χ3v) is 5.27. The van der Waals surface area contributed by atoms with Crippen LogP contribution in [0, 0.1) is 0 Å². The zero-order valence-electron chi connectivity index (χ0n) is 17.1.